The summed E-state index contributed by atoms with van der Waals surface area (Å²) in [5.41, 5.74) is 1.89. The first-order valence-electron chi connectivity index (χ1n) is 9.73. The van der Waals surface area contributed by atoms with Crippen LogP contribution in [-0.2, 0) is 11.2 Å². The number of benzene rings is 2. The predicted octanol–water partition coefficient (Wildman–Crippen LogP) is 3.35. The maximum absolute atomic E-state index is 14.3. The zero-order chi connectivity index (χ0) is 21.8. The average Bonchev–Trinajstić information content (AvgIpc) is 3.25. The molecule has 1 heterocycles. The highest BCUT2D eigenvalue weighted by Gasteiger charge is 2.22. The van der Waals surface area contributed by atoms with Crippen LogP contribution in [0.15, 0.2) is 24.3 Å². The minimum Gasteiger partial charge on any atom is -0.506 e. The van der Waals surface area contributed by atoms with Gasteiger partial charge in [0.2, 0.25) is 0 Å². The zero-order valence-corrected chi connectivity index (χ0v) is 17.6. The number of nitrogens with one attached hydrogen (secondary N) is 2. The molecule has 1 aliphatic heterocycles. The van der Waals surface area contributed by atoms with Crippen molar-refractivity contribution in [2.75, 3.05) is 20.2 Å². The highest BCUT2D eigenvalue weighted by molar-refractivity contribution is 6.33. The molecule has 1 atom stereocenters. The van der Waals surface area contributed by atoms with Gasteiger partial charge in [-0.2, -0.15) is 0 Å². The summed E-state index contributed by atoms with van der Waals surface area (Å²) in [6.07, 6.45) is 2.09. The van der Waals surface area contributed by atoms with Crippen molar-refractivity contribution in [3.05, 3.63) is 62.9 Å². The van der Waals surface area contributed by atoms with Crippen molar-refractivity contribution in [3.8, 4) is 5.75 Å². The van der Waals surface area contributed by atoms with Crippen molar-refractivity contribution < 1.29 is 23.8 Å². The lowest BCUT2D eigenvalue weighted by Gasteiger charge is -2.15. The molecule has 0 radical (unpaired) electrons. The second-order valence-electron chi connectivity index (χ2n) is 7.29. The van der Waals surface area contributed by atoms with Gasteiger partial charge in [-0.1, -0.05) is 17.7 Å². The number of hydrogen-bond donors (Lipinski definition) is 3. The molecule has 0 spiro atoms. The van der Waals surface area contributed by atoms with Crippen LogP contribution in [0.25, 0.3) is 0 Å². The smallest absolute Gasteiger partial charge is 0.255 e. The highest BCUT2D eigenvalue weighted by Crippen LogP contribution is 2.34. The van der Waals surface area contributed by atoms with E-state index in [0.717, 1.165) is 12.8 Å². The van der Waals surface area contributed by atoms with Crippen LogP contribution in [-0.4, -0.2) is 43.2 Å². The maximum Gasteiger partial charge on any atom is 0.255 e. The van der Waals surface area contributed by atoms with Crippen molar-refractivity contribution >= 4 is 23.4 Å². The van der Waals surface area contributed by atoms with Crippen LogP contribution in [0.1, 0.15) is 50.2 Å². The van der Waals surface area contributed by atoms with Crippen LogP contribution in [0, 0.1) is 12.7 Å². The van der Waals surface area contributed by atoms with Gasteiger partial charge in [0.15, 0.2) is 0 Å². The molecule has 30 heavy (non-hydrogen) atoms. The van der Waals surface area contributed by atoms with Crippen LogP contribution < -0.4 is 10.6 Å². The van der Waals surface area contributed by atoms with E-state index in [9.17, 15) is 19.1 Å². The maximum atomic E-state index is 14.3. The molecule has 0 aliphatic carbocycles. The van der Waals surface area contributed by atoms with Gasteiger partial charge in [-0.05, 0) is 61.1 Å². The molecule has 3 N–H and O–H groups in total. The van der Waals surface area contributed by atoms with Gasteiger partial charge in [0.1, 0.15) is 11.6 Å². The molecule has 0 bridgehead atoms. The fourth-order valence-corrected chi connectivity index (χ4v) is 3.68. The Kier molecular flexibility index (Phi) is 6.95. The number of phenols is 1. The highest BCUT2D eigenvalue weighted by atomic mass is 35.5. The van der Waals surface area contributed by atoms with Crippen LogP contribution in [0.3, 0.4) is 0 Å². The third-order valence-electron chi connectivity index (χ3n) is 5.25. The van der Waals surface area contributed by atoms with E-state index in [1.165, 1.54) is 19.2 Å². The number of ether oxygens (including phenoxy) is 1. The van der Waals surface area contributed by atoms with E-state index in [1.54, 1.807) is 19.1 Å². The Morgan fingerprint density at radius 2 is 2.03 bits per heavy atom. The number of aromatic hydroxyl groups is 1. The summed E-state index contributed by atoms with van der Waals surface area (Å²) in [6.45, 7) is 2.76. The first-order chi connectivity index (χ1) is 14.3. The van der Waals surface area contributed by atoms with E-state index < -0.39 is 17.6 Å². The summed E-state index contributed by atoms with van der Waals surface area (Å²) in [7, 11) is 1.43. The number of carbonyl (C=O) groups is 2. The Morgan fingerprint density at radius 1 is 1.27 bits per heavy atom. The quantitative estimate of drug-likeness (QED) is 0.650. The standard InChI is InChI=1S/C22H24ClFN2O4/c1-12-14(8-13-5-6-16(18(24)9-13)21(28)25-2)10-17(20(27)19(12)23)22(29)26-11-15-4-3-7-30-15/h5-6,9-10,15,27H,3-4,7-8,11H2,1-2H3,(H,25,28)(H,26,29). The van der Waals surface area contributed by atoms with Crippen LogP contribution in [0.5, 0.6) is 5.75 Å². The van der Waals surface area contributed by atoms with Gasteiger partial charge in [-0.25, -0.2) is 4.39 Å². The summed E-state index contributed by atoms with van der Waals surface area (Å²) >= 11 is 6.26. The molecular formula is C22H24ClFN2O4. The van der Waals surface area contributed by atoms with Crippen molar-refractivity contribution in [1.82, 2.24) is 10.6 Å². The lowest BCUT2D eigenvalue weighted by Crippen LogP contribution is -2.32. The second kappa shape index (κ2) is 9.45. The lowest BCUT2D eigenvalue weighted by molar-refractivity contribution is 0.0855. The largest absolute Gasteiger partial charge is 0.506 e. The summed E-state index contributed by atoms with van der Waals surface area (Å²) < 4.78 is 19.8. The number of carbonyl (C=O) groups excluding carboxylic acids is 2. The molecule has 8 heteroatoms. The molecule has 6 nitrogen and oxygen atoms in total. The van der Waals surface area contributed by atoms with Crippen molar-refractivity contribution in [2.45, 2.75) is 32.3 Å². The summed E-state index contributed by atoms with van der Waals surface area (Å²) in [6, 6.07) is 5.90. The minimum atomic E-state index is -0.635. The molecule has 1 fully saturated rings. The number of rotatable bonds is 6. The van der Waals surface area contributed by atoms with E-state index in [4.69, 9.17) is 16.3 Å². The SMILES string of the molecule is CNC(=O)c1ccc(Cc2cc(C(=O)NCC3CCCO3)c(O)c(Cl)c2C)cc1F. The third kappa shape index (κ3) is 4.74. The molecule has 0 aromatic heterocycles. The molecule has 2 amide bonds. The number of hydrogen-bond acceptors (Lipinski definition) is 4. The molecule has 0 saturated carbocycles. The Morgan fingerprint density at radius 3 is 2.67 bits per heavy atom. The minimum absolute atomic E-state index is 0.0294. The number of halogens is 2. The van der Waals surface area contributed by atoms with Gasteiger partial charge in [0, 0.05) is 20.2 Å². The Labute approximate surface area is 179 Å². The van der Waals surface area contributed by atoms with E-state index in [2.05, 4.69) is 10.6 Å². The second-order valence-corrected chi connectivity index (χ2v) is 7.66. The Balaban J connectivity index is 1.83. The molecule has 1 saturated heterocycles. The van der Waals surface area contributed by atoms with E-state index in [-0.39, 0.29) is 34.4 Å². The molecule has 1 aliphatic rings. The van der Waals surface area contributed by atoms with Gasteiger partial charge in [0.25, 0.3) is 11.8 Å². The molecule has 160 valence electrons. The monoisotopic (exact) mass is 434 g/mol. The Hall–Kier alpha value is -2.64. The summed E-state index contributed by atoms with van der Waals surface area (Å²) in [5.74, 6) is -1.88. The van der Waals surface area contributed by atoms with Gasteiger partial charge in [-0.3, -0.25) is 9.59 Å². The topological polar surface area (TPSA) is 87.7 Å². The number of phenolic OH excluding ortho intramolecular Hbond substituents is 1. The summed E-state index contributed by atoms with van der Waals surface area (Å²) in [5, 5.41) is 15.6. The van der Waals surface area contributed by atoms with Crippen LogP contribution >= 0.6 is 11.6 Å². The van der Waals surface area contributed by atoms with Crippen molar-refractivity contribution in [1.29, 1.82) is 0 Å². The van der Waals surface area contributed by atoms with E-state index >= 15 is 0 Å². The first kappa shape index (κ1) is 22.1. The van der Waals surface area contributed by atoms with E-state index in [0.29, 0.717) is 29.8 Å². The van der Waals surface area contributed by atoms with Gasteiger partial charge in [-0.15, -0.1) is 0 Å². The van der Waals surface area contributed by atoms with Crippen LogP contribution in [0.4, 0.5) is 4.39 Å². The molecule has 1 unspecified atom stereocenters. The average molecular weight is 435 g/mol. The zero-order valence-electron chi connectivity index (χ0n) is 16.9. The molecule has 2 aromatic carbocycles. The fraction of sp³-hybridized carbons (Fsp3) is 0.364. The van der Waals surface area contributed by atoms with Gasteiger partial charge >= 0.3 is 0 Å². The third-order valence-corrected chi connectivity index (χ3v) is 5.71. The molecule has 2 aromatic rings. The summed E-state index contributed by atoms with van der Waals surface area (Å²) in [4.78, 5) is 24.3. The van der Waals surface area contributed by atoms with Gasteiger partial charge in [0.05, 0.1) is 22.3 Å². The number of amides is 2. The van der Waals surface area contributed by atoms with Gasteiger partial charge < -0.3 is 20.5 Å². The Bertz CT molecular complexity index is 974. The van der Waals surface area contributed by atoms with Crippen molar-refractivity contribution in [3.63, 3.8) is 0 Å². The molecular weight excluding hydrogens is 411 g/mol. The fourth-order valence-electron chi connectivity index (χ4n) is 3.46. The van der Waals surface area contributed by atoms with E-state index in [1.807, 2.05) is 0 Å². The predicted molar refractivity (Wildman–Crippen MR) is 112 cm³/mol. The molecule has 3 rings (SSSR count). The van der Waals surface area contributed by atoms with Crippen LogP contribution in [0.2, 0.25) is 5.02 Å². The lowest BCUT2D eigenvalue weighted by atomic mass is 9.96. The normalized spacial score (nSPS) is 15.8. The van der Waals surface area contributed by atoms with Crippen molar-refractivity contribution in [2.24, 2.45) is 0 Å². The first-order valence-corrected chi connectivity index (χ1v) is 10.1.